The van der Waals surface area contributed by atoms with E-state index in [0.29, 0.717) is 0 Å². The van der Waals surface area contributed by atoms with Gasteiger partial charge in [-0.2, -0.15) is 0 Å². The highest BCUT2D eigenvalue weighted by atomic mass is 16.6. The first-order valence-corrected chi connectivity index (χ1v) is 2.82. The smallest absolute Gasteiger partial charge is 0.183 e. The Morgan fingerprint density at radius 2 is 1.60 bits per heavy atom. The van der Waals surface area contributed by atoms with Crippen molar-refractivity contribution in [3.05, 3.63) is 0 Å². The SMILES string of the molecule is C[C@H]1OC(O)[C@H](O)[C@@H]1O.O. The molecule has 0 saturated carbocycles. The average molecular weight is 152 g/mol. The van der Waals surface area contributed by atoms with Gasteiger partial charge in [-0.25, -0.2) is 0 Å². The van der Waals surface area contributed by atoms with E-state index in [2.05, 4.69) is 4.74 Å². The van der Waals surface area contributed by atoms with E-state index in [1.54, 1.807) is 6.92 Å². The zero-order valence-electron chi connectivity index (χ0n) is 5.56. The molecule has 0 aliphatic carbocycles. The quantitative estimate of drug-likeness (QED) is 0.360. The Balaban J connectivity index is 0.000000810. The molecule has 0 radical (unpaired) electrons. The maximum absolute atomic E-state index is 8.90. The Morgan fingerprint density at radius 3 is 1.70 bits per heavy atom. The molecule has 0 bridgehead atoms. The van der Waals surface area contributed by atoms with Crippen molar-refractivity contribution >= 4 is 0 Å². The van der Waals surface area contributed by atoms with E-state index in [-0.39, 0.29) is 5.48 Å². The number of aliphatic hydroxyl groups is 3. The van der Waals surface area contributed by atoms with Gasteiger partial charge in [-0.15, -0.1) is 0 Å². The van der Waals surface area contributed by atoms with Crippen molar-refractivity contribution in [3.63, 3.8) is 0 Å². The maximum atomic E-state index is 8.90. The van der Waals surface area contributed by atoms with Gasteiger partial charge in [0.05, 0.1) is 6.10 Å². The second-order valence-electron chi connectivity index (χ2n) is 2.21. The highest BCUT2D eigenvalue weighted by Gasteiger charge is 2.38. The van der Waals surface area contributed by atoms with Crippen LogP contribution in [-0.4, -0.2) is 45.4 Å². The molecule has 1 heterocycles. The molecule has 0 amide bonds. The van der Waals surface area contributed by atoms with Crippen molar-refractivity contribution in [2.24, 2.45) is 0 Å². The van der Waals surface area contributed by atoms with Gasteiger partial charge in [-0.05, 0) is 6.92 Å². The van der Waals surface area contributed by atoms with E-state index in [4.69, 9.17) is 15.3 Å². The number of ether oxygens (including phenoxy) is 1. The van der Waals surface area contributed by atoms with Crippen LogP contribution in [0.1, 0.15) is 6.92 Å². The standard InChI is InChI=1S/C5H10O4.H2O/c1-2-3(6)4(7)5(8)9-2;/h2-8H,1H3;1H2/t2-,3-,4-,5?;/m1./s1. The van der Waals surface area contributed by atoms with Crippen molar-refractivity contribution in [3.8, 4) is 0 Å². The van der Waals surface area contributed by atoms with Crippen LogP contribution >= 0.6 is 0 Å². The highest BCUT2D eigenvalue weighted by Crippen LogP contribution is 2.18. The first-order valence-electron chi connectivity index (χ1n) is 2.82. The van der Waals surface area contributed by atoms with Gasteiger partial charge in [0, 0.05) is 0 Å². The van der Waals surface area contributed by atoms with Crippen LogP contribution in [0, 0.1) is 0 Å². The fourth-order valence-corrected chi connectivity index (χ4v) is 0.827. The molecule has 1 fully saturated rings. The molecule has 1 aliphatic rings. The zero-order chi connectivity index (χ0) is 7.02. The Hall–Kier alpha value is -0.200. The van der Waals surface area contributed by atoms with Gasteiger partial charge in [0.25, 0.3) is 0 Å². The van der Waals surface area contributed by atoms with Gasteiger partial charge < -0.3 is 25.5 Å². The third-order valence-corrected chi connectivity index (χ3v) is 1.48. The highest BCUT2D eigenvalue weighted by molar-refractivity contribution is 4.82. The van der Waals surface area contributed by atoms with Crippen LogP contribution in [0.4, 0.5) is 0 Å². The molecule has 0 aromatic rings. The van der Waals surface area contributed by atoms with E-state index in [0.717, 1.165) is 0 Å². The summed E-state index contributed by atoms with van der Waals surface area (Å²) in [6, 6.07) is 0. The van der Waals surface area contributed by atoms with E-state index < -0.39 is 24.6 Å². The fraction of sp³-hybridized carbons (Fsp3) is 1.00. The topological polar surface area (TPSA) is 101 Å². The molecule has 62 valence electrons. The van der Waals surface area contributed by atoms with Crippen LogP contribution < -0.4 is 0 Å². The summed E-state index contributed by atoms with van der Waals surface area (Å²) in [6.07, 6.45) is -3.81. The van der Waals surface area contributed by atoms with E-state index >= 15 is 0 Å². The molecule has 1 rings (SSSR count). The number of hydrogen-bond donors (Lipinski definition) is 3. The minimum absolute atomic E-state index is 0. The molecule has 10 heavy (non-hydrogen) atoms. The second kappa shape index (κ2) is 3.27. The lowest BCUT2D eigenvalue weighted by atomic mass is 10.2. The third-order valence-electron chi connectivity index (χ3n) is 1.48. The molecule has 1 aliphatic heterocycles. The van der Waals surface area contributed by atoms with Crippen molar-refractivity contribution in [1.29, 1.82) is 0 Å². The van der Waals surface area contributed by atoms with Crippen molar-refractivity contribution in [2.75, 3.05) is 0 Å². The molecule has 5 N–H and O–H groups in total. The number of aliphatic hydroxyl groups excluding tert-OH is 3. The lowest BCUT2D eigenvalue weighted by molar-refractivity contribution is -0.124. The Bertz CT molecular complexity index is 94.2. The number of rotatable bonds is 0. The van der Waals surface area contributed by atoms with Crippen LogP contribution in [0.3, 0.4) is 0 Å². The molecule has 0 aromatic carbocycles. The van der Waals surface area contributed by atoms with E-state index in [1.165, 1.54) is 0 Å². The van der Waals surface area contributed by atoms with Gasteiger partial charge in [0.15, 0.2) is 6.29 Å². The van der Waals surface area contributed by atoms with Crippen LogP contribution in [0.25, 0.3) is 0 Å². The second-order valence-corrected chi connectivity index (χ2v) is 2.21. The predicted molar refractivity (Wildman–Crippen MR) is 32.2 cm³/mol. The Kier molecular flexibility index (Phi) is 3.20. The van der Waals surface area contributed by atoms with Gasteiger partial charge in [0.1, 0.15) is 12.2 Å². The van der Waals surface area contributed by atoms with Crippen LogP contribution in [0.2, 0.25) is 0 Å². The largest absolute Gasteiger partial charge is 0.412 e. The molecule has 4 atom stereocenters. The average Bonchev–Trinajstić information content (AvgIpc) is 1.98. The molecular formula is C5H12O5. The summed E-state index contributed by atoms with van der Waals surface area (Å²) >= 11 is 0. The third kappa shape index (κ3) is 1.44. The lowest BCUT2D eigenvalue weighted by Gasteiger charge is -2.07. The molecule has 5 nitrogen and oxygen atoms in total. The predicted octanol–water partition coefficient (Wildman–Crippen LogP) is -2.38. The summed E-state index contributed by atoms with van der Waals surface area (Å²) in [7, 11) is 0. The lowest BCUT2D eigenvalue weighted by Crippen LogP contribution is -2.31. The first kappa shape index (κ1) is 9.80. The number of hydrogen-bond acceptors (Lipinski definition) is 4. The Labute approximate surface area is 58.2 Å². The summed E-state index contributed by atoms with van der Waals surface area (Å²) in [6.45, 7) is 1.59. The molecular weight excluding hydrogens is 140 g/mol. The fourth-order valence-electron chi connectivity index (χ4n) is 0.827. The summed E-state index contributed by atoms with van der Waals surface area (Å²) in [4.78, 5) is 0. The molecule has 5 heteroatoms. The zero-order valence-corrected chi connectivity index (χ0v) is 5.56. The van der Waals surface area contributed by atoms with Crippen LogP contribution in [0.5, 0.6) is 0 Å². The van der Waals surface area contributed by atoms with Crippen molar-refractivity contribution < 1.29 is 25.5 Å². The molecule has 0 aromatic heterocycles. The Morgan fingerprint density at radius 1 is 1.10 bits per heavy atom. The monoisotopic (exact) mass is 152 g/mol. The molecule has 1 unspecified atom stereocenters. The summed E-state index contributed by atoms with van der Waals surface area (Å²) in [5.74, 6) is 0. The summed E-state index contributed by atoms with van der Waals surface area (Å²) in [5, 5.41) is 26.4. The molecule has 0 spiro atoms. The van der Waals surface area contributed by atoms with E-state index in [1.807, 2.05) is 0 Å². The van der Waals surface area contributed by atoms with Gasteiger partial charge >= 0.3 is 0 Å². The van der Waals surface area contributed by atoms with Crippen molar-refractivity contribution in [1.82, 2.24) is 0 Å². The van der Waals surface area contributed by atoms with Crippen LogP contribution in [0.15, 0.2) is 0 Å². The summed E-state index contributed by atoms with van der Waals surface area (Å²) < 4.78 is 4.64. The maximum Gasteiger partial charge on any atom is 0.183 e. The van der Waals surface area contributed by atoms with Crippen LogP contribution in [-0.2, 0) is 4.74 Å². The summed E-state index contributed by atoms with van der Waals surface area (Å²) in [5.41, 5.74) is 0. The molecule has 1 saturated heterocycles. The van der Waals surface area contributed by atoms with Gasteiger partial charge in [-0.1, -0.05) is 0 Å². The minimum atomic E-state index is -1.23. The van der Waals surface area contributed by atoms with Gasteiger partial charge in [0.2, 0.25) is 0 Å². The van der Waals surface area contributed by atoms with E-state index in [9.17, 15) is 0 Å². The minimum Gasteiger partial charge on any atom is -0.412 e. The normalized spacial score (nSPS) is 46.8. The first-order chi connectivity index (χ1) is 4.13. The van der Waals surface area contributed by atoms with Crippen molar-refractivity contribution in [2.45, 2.75) is 31.5 Å². The van der Waals surface area contributed by atoms with Gasteiger partial charge in [-0.3, -0.25) is 0 Å².